The molecule has 0 radical (unpaired) electrons. The van der Waals surface area contributed by atoms with E-state index in [0.29, 0.717) is 19.6 Å². The third kappa shape index (κ3) is 3.90. The second kappa shape index (κ2) is 7.29. The minimum Gasteiger partial charge on any atom is -0.493 e. The molecular formula is C19H21NO3. The van der Waals surface area contributed by atoms with Crippen LogP contribution < -0.4 is 10.1 Å². The second-order valence-electron chi connectivity index (χ2n) is 5.84. The van der Waals surface area contributed by atoms with E-state index in [4.69, 9.17) is 9.84 Å². The number of hydrogen-bond donors (Lipinski definition) is 2. The van der Waals surface area contributed by atoms with Gasteiger partial charge in [0.15, 0.2) is 0 Å². The van der Waals surface area contributed by atoms with Gasteiger partial charge in [0.05, 0.1) is 13.2 Å². The summed E-state index contributed by atoms with van der Waals surface area (Å²) in [6.45, 7) is 1.11. The van der Waals surface area contributed by atoms with E-state index in [1.165, 1.54) is 0 Å². The van der Waals surface area contributed by atoms with Gasteiger partial charge in [-0.1, -0.05) is 42.5 Å². The molecule has 0 bridgehead atoms. The van der Waals surface area contributed by atoms with Crippen LogP contribution in [0, 0.1) is 5.92 Å². The first kappa shape index (κ1) is 15.6. The van der Waals surface area contributed by atoms with Crippen LogP contribution in [0.3, 0.4) is 0 Å². The molecule has 1 amide bonds. The molecule has 0 aromatic heterocycles. The summed E-state index contributed by atoms with van der Waals surface area (Å²) in [5.41, 5.74) is 3.00. The molecule has 2 aromatic rings. The van der Waals surface area contributed by atoms with E-state index in [2.05, 4.69) is 5.32 Å². The normalized spacial score (nSPS) is 16.8. The van der Waals surface area contributed by atoms with Gasteiger partial charge in [0.2, 0.25) is 5.91 Å². The molecule has 3 rings (SSSR count). The van der Waals surface area contributed by atoms with Gasteiger partial charge in [-0.2, -0.15) is 0 Å². The van der Waals surface area contributed by atoms with Gasteiger partial charge >= 0.3 is 0 Å². The van der Waals surface area contributed by atoms with Crippen molar-refractivity contribution in [2.45, 2.75) is 26.0 Å². The Morgan fingerprint density at radius 1 is 1.13 bits per heavy atom. The van der Waals surface area contributed by atoms with Gasteiger partial charge in [0.1, 0.15) is 5.75 Å². The van der Waals surface area contributed by atoms with Crippen LogP contribution in [0.1, 0.15) is 23.1 Å². The van der Waals surface area contributed by atoms with Gasteiger partial charge in [0.25, 0.3) is 0 Å². The van der Waals surface area contributed by atoms with Crippen LogP contribution in [-0.4, -0.2) is 17.6 Å². The molecule has 120 valence electrons. The third-order valence-corrected chi connectivity index (χ3v) is 4.21. The molecule has 0 aliphatic carbocycles. The molecule has 23 heavy (non-hydrogen) atoms. The molecule has 1 aliphatic rings. The molecule has 4 nitrogen and oxygen atoms in total. The zero-order valence-corrected chi connectivity index (χ0v) is 13.0. The minimum absolute atomic E-state index is 0.0358. The Hall–Kier alpha value is -2.33. The van der Waals surface area contributed by atoms with E-state index in [9.17, 15) is 4.79 Å². The number of para-hydroxylation sites is 1. The van der Waals surface area contributed by atoms with E-state index in [0.717, 1.165) is 28.9 Å². The zero-order chi connectivity index (χ0) is 16.1. The van der Waals surface area contributed by atoms with Gasteiger partial charge in [-0.15, -0.1) is 0 Å². The Balaban J connectivity index is 1.59. The molecule has 1 heterocycles. The number of nitrogens with one attached hydrogen (secondary N) is 1. The van der Waals surface area contributed by atoms with E-state index >= 15 is 0 Å². The van der Waals surface area contributed by atoms with Gasteiger partial charge in [-0.25, -0.2) is 0 Å². The molecule has 1 atom stereocenters. The molecule has 0 unspecified atom stereocenters. The zero-order valence-electron chi connectivity index (χ0n) is 13.0. The SMILES string of the molecule is O=C(NCc1ccc(CO)cc1)[C@@H]1CCOc2ccccc2C1. The molecule has 2 aromatic carbocycles. The lowest BCUT2D eigenvalue weighted by Gasteiger charge is -2.14. The Labute approximate surface area is 136 Å². The number of amides is 1. The van der Waals surface area contributed by atoms with Gasteiger partial charge in [-0.05, 0) is 35.6 Å². The molecule has 0 saturated heterocycles. The monoisotopic (exact) mass is 311 g/mol. The minimum atomic E-state index is -0.0598. The average molecular weight is 311 g/mol. The lowest BCUT2D eigenvalue weighted by Crippen LogP contribution is -2.31. The first-order valence-corrected chi connectivity index (χ1v) is 7.93. The number of aliphatic hydroxyl groups is 1. The van der Waals surface area contributed by atoms with Crippen molar-refractivity contribution in [3.63, 3.8) is 0 Å². The highest BCUT2D eigenvalue weighted by molar-refractivity contribution is 5.79. The summed E-state index contributed by atoms with van der Waals surface area (Å²) in [7, 11) is 0. The predicted molar refractivity (Wildman–Crippen MR) is 88.0 cm³/mol. The number of fused-ring (bicyclic) bond motifs is 1. The Morgan fingerprint density at radius 2 is 1.87 bits per heavy atom. The highest BCUT2D eigenvalue weighted by Crippen LogP contribution is 2.26. The van der Waals surface area contributed by atoms with Crippen molar-refractivity contribution < 1.29 is 14.6 Å². The van der Waals surface area contributed by atoms with Crippen LogP contribution in [0.2, 0.25) is 0 Å². The van der Waals surface area contributed by atoms with Gasteiger partial charge in [0, 0.05) is 12.5 Å². The largest absolute Gasteiger partial charge is 0.493 e. The standard InChI is InChI=1S/C19H21NO3/c21-13-15-7-5-14(6-8-15)12-20-19(22)17-9-10-23-18-4-2-1-3-16(18)11-17/h1-8,17,21H,9-13H2,(H,20,22)/t17-/m1/s1. The summed E-state index contributed by atoms with van der Waals surface area (Å²) in [6, 6.07) is 15.5. The summed E-state index contributed by atoms with van der Waals surface area (Å²) in [5.74, 6) is 0.897. The van der Waals surface area contributed by atoms with Gasteiger partial charge in [-0.3, -0.25) is 4.79 Å². The lowest BCUT2D eigenvalue weighted by molar-refractivity contribution is -0.125. The van der Waals surface area contributed by atoms with Crippen molar-refractivity contribution in [1.29, 1.82) is 0 Å². The third-order valence-electron chi connectivity index (χ3n) is 4.21. The predicted octanol–water partition coefficient (Wildman–Crippen LogP) is 2.44. The molecule has 0 fully saturated rings. The number of carbonyl (C=O) groups excluding carboxylic acids is 1. The lowest BCUT2D eigenvalue weighted by atomic mass is 9.96. The topological polar surface area (TPSA) is 58.6 Å². The highest BCUT2D eigenvalue weighted by atomic mass is 16.5. The number of rotatable bonds is 4. The van der Waals surface area contributed by atoms with Crippen LogP contribution in [-0.2, 0) is 24.4 Å². The van der Waals surface area contributed by atoms with Crippen LogP contribution in [0.5, 0.6) is 5.75 Å². The number of benzene rings is 2. The molecule has 1 aliphatic heterocycles. The Morgan fingerprint density at radius 3 is 2.65 bits per heavy atom. The average Bonchev–Trinajstić information content (AvgIpc) is 2.82. The van der Waals surface area contributed by atoms with E-state index < -0.39 is 0 Å². The fourth-order valence-electron chi connectivity index (χ4n) is 2.81. The van der Waals surface area contributed by atoms with E-state index in [1.54, 1.807) is 0 Å². The molecule has 0 spiro atoms. The first-order chi connectivity index (χ1) is 11.3. The Bertz CT molecular complexity index is 667. The van der Waals surface area contributed by atoms with E-state index in [1.807, 2.05) is 48.5 Å². The quantitative estimate of drug-likeness (QED) is 0.912. The number of ether oxygens (including phenoxy) is 1. The van der Waals surface area contributed by atoms with Crippen molar-refractivity contribution >= 4 is 5.91 Å². The van der Waals surface area contributed by atoms with E-state index in [-0.39, 0.29) is 18.4 Å². The molecule has 0 saturated carbocycles. The van der Waals surface area contributed by atoms with Crippen molar-refractivity contribution in [3.05, 3.63) is 65.2 Å². The smallest absolute Gasteiger partial charge is 0.223 e. The molecule has 2 N–H and O–H groups in total. The number of carbonyl (C=O) groups is 1. The van der Waals surface area contributed by atoms with Crippen molar-refractivity contribution in [1.82, 2.24) is 5.32 Å². The van der Waals surface area contributed by atoms with Crippen molar-refractivity contribution in [3.8, 4) is 5.75 Å². The maximum absolute atomic E-state index is 12.5. The van der Waals surface area contributed by atoms with Crippen LogP contribution in [0.25, 0.3) is 0 Å². The van der Waals surface area contributed by atoms with Gasteiger partial charge < -0.3 is 15.2 Å². The van der Waals surface area contributed by atoms with Crippen molar-refractivity contribution in [2.24, 2.45) is 5.92 Å². The second-order valence-corrected chi connectivity index (χ2v) is 5.84. The summed E-state index contributed by atoms with van der Waals surface area (Å²) in [5, 5.41) is 12.0. The number of aliphatic hydroxyl groups excluding tert-OH is 1. The van der Waals surface area contributed by atoms with Crippen LogP contribution >= 0.6 is 0 Å². The fraction of sp³-hybridized carbons (Fsp3) is 0.316. The summed E-state index contributed by atoms with van der Waals surface area (Å²) in [4.78, 5) is 12.5. The molecule has 4 heteroatoms. The van der Waals surface area contributed by atoms with Crippen LogP contribution in [0.15, 0.2) is 48.5 Å². The summed E-state index contributed by atoms with van der Waals surface area (Å²) in [6.07, 6.45) is 1.44. The maximum atomic E-state index is 12.5. The van der Waals surface area contributed by atoms with Crippen molar-refractivity contribution in [2.75, 3.05) is 6.61 Å². The summed E-state index contributed by atoms with van der Waals surface area (Å²) >= 11 is 0. The fourth-order valence-corrected chi connectivity index (χ4v) is 2.81. The Kier molecular flexibility index (Phi) is 4.93. The number of hydrogen-bond acceptors (Lipinski definition) is 3. The molecular weight excluding hydrogens is 290 g/mol. The maximum Gasteiger partial charge on any atom is 0.223 e. The van der Waals surface area contributed by atoms with Crippen LogP contribution in [0.4, 0.5) is 0 Å². The highest BCUT2D eigenvalue weighted by Gasteiger charge is 2.23. The first-order valence-electron chi connectivity index (χ1n) is 7.93. The summed E-state index contributed by atoms with van der Waals surface area (Å²) < 4.78 is 5.71.